The van der Waals surface area contributed by atoms with E-state index in [2.05, 4.69) is 4.18 Å². The third-order valence-electron chi connectivity index (χ3n) is 1.56. The molecule has 9 heavy (non-hydrogen) atoms. The molecule has 0 spiro atoms. The van der Waals surface area contributed by atoms with Gasteiger partial charge in [0.15, 0.2) is 0 Å². The third-order valence-corrected chi connectivity index (χ3v) is 3.18. The lowest BCUT2D eigenvalue weighted by Gasteiger charge is -2.35. The molecule has 0 bridgehead atoms. The van der Waals surface area contributed by atoms with Gasteiger partial charge in [0.2, 0.25) is 0 Å². The van der Waals surface area contributed by atoms with Gasteiger partial charge < -0.3 is 0 Å². The zero-order valence-corrected chi connectivity index (χ0v) is 6.36. The maximum Gasteiger partial charge on any atom is 0.270 e. The van der Waals surface area contributed by atoms with Crippen LogP contribution in [0.2, 0.25) is 0 Å². The van der Waals surface area contributed by atoms with Crippen molar-refractivity contribution < 1.29 is 12.6 Å². The van der Waals surface area contributed by atoms with Gasteiger partial charge in [0, 0.05) is 0 Å². The van der Waals surface area contributed by atoms with Crippen LogP contribution in [0.3, 0.4) is 0 Å². The number of hydrogen-bond donors (Lipinski definition) is 0. The van der Waals surface area contributed by atoms with Gasteiger partial charge in [0.05, 0.1) is 0 Å². The van der Waals surface area contributed by atoms with Crippen molar-refractivity contribution in [1.29, 1.82) is 0 Å². The van der Waals surface area contributed by atoms with Crippen LogP contribution in [0.1, 0.15) is 20.3 Å². The van der Waals surface area contributed by atoms with Gasteiger partial charge >= 0.3 is 0 Å². The Morgan fingerprint density at radius 3 is 2.22 bits per heavy atom. The molecular weight excluding hydrogens is 140 g/mol. The summed E-state index contributed by atoms with van der Waals surface area (Å²) >= 11 is 0. The molecule has 54 valence electrons. The van der Waals surface area contributed by atoms with Crippen molar-refractivity contribution in [3.05, 3.63) is 0 Å². The molecule has 1 fully saturated rings. The van der Waals surface area contributed by atoms with Crippen LogP contribution in [-0.4, -0.2) is 19.8 Å². The van der Waals surface area contributed by atoms with Crippen molar-refractivity contribution in [3.8, 4) is 0 Å². The summed E-state index contributed by atoms with van der Waals surface area (Å²) in [6.07, 6.45) is 0.756. The molecule has 3 nitrogen and oxygen atoms in total. The molecule has 4 heteroatoms. The average molecular weight is 150 g/mol. The molecule has 0 amide bonds. The lowest BCUT2D eigenvalue weighted by molar-refractivity contribution is 0.0690. The maximum absolute atomic E-state index is 10.4. The molecule has 1 aliphatic rings. The molecule has 1 heterocycles. The average Bonchev–Trinajstić information content (AvgIpc) is 1.61. The summed E-state index contributed by atoms with van der Waals surface area (Å²) in [5, 5.41) is 0. The summed E-state index contributed by atoms with van der Waals surface area (Å²) in [6.45, 7) is 3.71. The molecule has 0 aromatic rings. The topological polar surface area (TPSA) is 43.4 Å². The fourth-order valence-electron chi connectivity index (χ4n) is 0.835. The highest BCUT2D eigenvalue weighted by Gasteiger charge is 2.44. The molecule has 1 aliphatic heterocycles. The molecular formula is C5H10O3S. The first-order valence-corrected chi connectivity index (χ1v) is 4.48. The van der Waals surface area contributed by atoms with Crippen molar-refractivity contribution in [2.45, 2.75) is 25.9 Å². The van der Waals surface area contributed by atoms with Gasteiger partial charge in [0.1, 0.15) is 11.4 Å². The predicted molar refractivity (Wildman–Crippen MR) is 33.6 cm³/mol. The van der Waals surface area contributed by atoms with Gasteiger partial charge in [-0.05, 0) is 13.3 Å². The van der Waals surface area contributed by atoms with Crippen LogP contribution in [0.15, 0.2) is 0 Å². The summed E-state index contributed by atoms with van der Waals surface area (Å²) in [6, 6.07) is 0. The number of rotatable bonds is 1. The minimum absolute atomic E-state index is 0.177. The highest BCUT2D eigenvalue weighted by Crippen LogP contribution is 2.30. The maximum atomic E-state index is 10.4. The van der Waals surface area contributed by atoms with Gasteiger partial charge in [0.25, 0.3) is 10.1 Å². The van der Waals surface area contributed by atoms with Crippen LogP contribution in [0.4, 0.5) is 0 Å². The molecule has 1 saturated heterocycles. The molecule has 0 radical (unpaired) electrons. The van der Waals surface area contributed by atoms with Crippen molar-refractivity contribution >= 4 is 10.1 Å². The molecule has 0 aromatic carbocycles. The van der Waals surface area contributed by atoms with Gasteiger partial charge in [-0.3, -0.25) is 4.18 Å². The monoisotopic (exact) mass is 150 g/mol. The second-order valence-corrected chi connectivity index (χ2v) is 4.16. The minimum Gasteiger partial charge on any atom is -0.262 e. The summed E-state index contributed by atoms with van der Waals surface area (Å²) in [5.41, 5.74) is -0.390. The van der Waals surface area contributed by atoms with Crippen molar-refractivity contribution in [1.82, 2.24) is 0 Å². The summed E-state index contributed by atoms with van der Waals surface area (Å²) in [5.74, 6) is 0.177. The van der Waals surface area contributed by atoms with Crippen LogP contribution in [-0.2, 0) is 14.3 Å². The van der Waals surface area contributed by atoms with Gasteiger partial charge in [-0.15, -0.1) is 0 Å². The molecule has 0 saturated carbocycles. The van der Waals surface area contributed by atoms with Crippen molar-refractivity contribution in [2.75, 3.05) is 5.75 Å². The largest absolute Gasteiger partial charge is 0.270 e. The highest BCUT2D eigenvalue weighted by molar-refractivity contribution is 7.88. The first kappa shape index (κ1) is 7.02. The lowest BCUT2D eigenvalue weighted by atomic mass is 10.1. The number of hydrogen-bond acceptors (Lipinski definition) is 3. The fraction of sp³-hybridized carbons (Fsp3) is 1.00. The zero-order chi connectivity index (χ0) is 7.12. The second kappa shape index (κ2) is 1.70. The Hall–Kier alpha value is -0.0900. The smallest absolute Gasteiger partial charge is 0.262 e. The Bertz CT molecular complexity index is 192. The molecule has 0 aliphatic carbocycles. The van der Waals surface area contributed by atoms with E-state index in [9.17, 15) is 8.42 Å². The van der Waals surface area contributed by atoms with E-state index in [0.717, 1.165) is 6.42 Å². The molecule has 1 atom stereocenters. The fourth-order valence-corrected chi connectivity index (χ4v) is 2.50. The molecule has 1 rings (SSSR count). The predicted octanol–water partition coefficient (Wildman–Crippen LogP) is 0.515. The first-order chi connectivity index (χ1) is 3.97. The van der Waals surface area contributed by atoms with E-state index >= 15 is 0 Å². The summed E-state index contributed by atoms with van der Waals surface area (Å²) in [7, 11) is -3.10. The molecule has 0 N–H and O–H groups in total. The second-order valence-electron chi connectivity index (χ2n) is 2.59. The van der Waals surface area contributed by atoms with Gasteiger partial charge in [-0.25, -0.2) is 0 Å². The van der Waals surface area contributed by atoms with E-state index in [1.54, 1.807) is 6.92 Å². The lowest BCUT2D eigenvalue weighted by Crippen LogP contribution is -2.49. The SMILES string of the molecule is CCC1(C)CS(=O)(=O)O1. The zero-order valence-electron chi connectivity index (χ0n) is 5.55. The Kier molecular flexibility index (Phi) is 1.33. The Labute approximate surface area is 55.1 Å². The third kappa shape index (κ3) is 1.24. The quantitative estimate of drug-likeness (QED) is 0.512. The summed E-state index contributed by atoms with van der Waals surface area (Å²) < 4.78 is 25.5. The standard InChI is InChI=1S/C5H10O3S/c1-3-5(2)4-9(6,7)8-5/h3-4H2,1-2H3. The summed E-state index contributed by atoms with van der Waals surface area (Å²) in [4.78, 5) is 0. The normalized spacial score (nSPS) is 39.8. The molecule has 1 unspecified atom stereocenters. The van der Waals surface area contributed by atoms with Crippen LogP contribution in [0, 0.1) is 0 Å². The minimum atomic E-state index is -3.10. The Balaban J connectivity index is 2.61. The highest BCUT2D eigenvalue weighted by atomic mass is 32.2. The first-order valence-electron chi connectivity index (χ1n) is 2.91. The van der Waals surface area contributed by atoms with Crippen LogP contribution >= 0.6 is 0 Å². The Morgan fingerprint density at radius 1 is 1.67 bits per heavy atom. The van der Waals surface area contributed by atoms with Crippen LogP contribution in [0.5, 0.6) is 0 Å². The molecule has 0 aromatic heterocycles. The van der Waals surface area contributed by atoms with E-state index in [-0.39, 0.29) is 5.75 Å². The van der Waals surface area contributed by atoms with Gasteiger partial charge in [-0.1, -0.05) is 6.92 Å². The van der Waals surface area contributed by atoms with E-state index in [1.807, 2.05) is 6.92 Å². The van der Waals surface area contributed by atoms with E-state index < -0.39 is 15.7 Å². The van der Waals surface area contributed by atoms with Gasteiger partial charge in [-0.2, -0.15) is 8.42 Å². The van der Waals surface area contributed by atoms with Crippen molar-refractivity contribution in [3.63, 3.8) is 0 Å². The van der Waals surface area contributed by atoms with E-state index in [1.165, 1.54) is 0 Å². The van der Waals surface area contributed by atoms with Crippen LogP contribution < -0.4 is 0 Å². The van der Waals surface area contributed by atoms with Crippen LogP contribution in [0.25, 0.3) is 0 Å². The Morgan fingerprint density at radius 2 is 2.11 bits per heavy atom. The van der Waals surface area contributed by atoms with Crippen molar-refractivity contribution in [2.24, 2.45) is 0 Å². The van der Waals surface area contributed by atoms with E-state index in [0.29, 0.717) is 0 Å². The van der Waals surface area contributed by atoms with E-state index in [4.69, 9.17) is 0 Å².